The molecule has 5 nitrogen and oxygen atoms in total. The van der Waals surface area contributed by atoms with Crippen molar-refractivity contribution in [3.05, 3.63) is 66.0 Å². The summed E-state index contributed by atoms with van der Waals surface area (Å²) in [6, 6.07) is 16.7. The van der Waals surface area contributed by atoms with Gasteiger partial charge in [0.2, 0.25) is 0 Å². The lowest BCUT2D eigenvalue weighted by molar-refractivity contribution is 0.130. The minimum absolute atomic E-state index is 0.0817. The molecule has 0 radical (unpaired) electrons. The molecule has 5 heteroatoms. The Labute approximate surface area is 167 Å². The van der Waals surface area contributed by atoms with E-state index in [0.717, 1.165) is 38.4 Å². The quantitative estimate of drug-likeness (QED) is 0.860. The predicted octanol–water partition coefficient (Wildman–Crippen LogP) is 3.84. The van der Waals surface area contributed by atoms with Gasteiger partial charge in [-0.05, 0) is 36.5 Å². The van der Waals surface area contributed by atoms with Crippen LogP contribution in [0.15, 0.2) is 54.7 Å². The van der Waals surface area contributed by atoms with Gasteiger partial charge in [0, 0.05) is 38.9 Å². The molecule has 2 aliphatic rings. The molecule has 4 rings (SSSR count). The maximum absolute atomic E-state index is 13.0. The van der Waals surface area contributed by atoms with Crippen molar-refractivity contribution in [3.8, 4) is 0 Å². The first kappa shape index (κ1) is 18.9. The summed E-state index contributed by atoms with van der Waals surface area (Å²) in [5.74, 6) is 0.553. The average Bonchev–Trinajstić information content (AvgIpc) is 3.28. The Bertz CT molecular complexity index is 738. The summed E-state index contributed by atoms with van der Waals surface area (Å²) < 4.78 is 0. The fourth-order valence-corrected chi connectivity index (χ4v) is 4.48. The molecule has 1 saturated heterocycles. The molecule has 148 valence electrons. The molecule has 28 heavy (non-hydrogen) atoms. The molecule has 1 saturated carbocycles. The van der Waals surface area contributed by atoms with Crippen LogP contribution in [0.2, 0.25) is 0 Å². The zero-order valence-corrected chi connectivity index (χ0v) is 16.5. The molecule has 1 aliphatic heterocycles. The van der Waals surface area contributed by atoms with Crippen LogP contribution in [0.4, 0.5) is 4.79 Å². The second-order valence-corrected chi connectivity index (χ2v) is 7.97. The summed E-state index contributed by atoms with van der Waals surface area (Å²) in [5.41, 5.74) is 2.32. The van der Waals surface area contributed by atoms with Crippen LogP contribution in [0.1, 0.15) is 43.0 Å². The van der Waals surface area contributed by atoms with E-state index >= 15 is 0 Å². The Morgan fingerprint density at radius 3 is 2.39 bits per heavy atom. The SMILES string of the molecule is O=C(NC(c1ccccc1)C1CCCC1)N1CCN(Cc2ccccn2)CC1. The highest BCUT2D eigenvalue weighted by molar-refractivity contribution is 5.75. The van der Waals surface area contributed by atoms with Gasteiger partial charge in [0.1, 0.15) is 0 Å². The number of nitrogens with one attached hydrogen (secondary N) is 1. The molecule has 2 heterocycles. The Kier molecular flexibility index (Phi) is 6.22. The number of nitrogens with zero attached hydrogens (tertiary/aromatic N) is 3. The van der Waals surface area contributed by atoms with Gasteiger partial charge in [0.15, 0.2) is 0 Å². The lowest BCUT2D eigenvalue weighted by Crippen LogP contribution is -2.52. The van der Waals surface area contributed by atoms with Crippen LogP contribution in [0.25, 0.3) is 0 Å². The lowest BCUT2D eigenvalue weighted by atomic mass is 9.92. The monoisotopic (exact) mass is 378 g/mol. The van der Waals surface area contributed by atoms with Crippen molar-refractivity contribution in [1.82, 2.24) is 20.1 Å². The second kappa shape index (κ2) is 9.20. The predicted molar refractivity (Wildman–Crippen MR) is 111 cm³/mol. The van der Waals surface area contributed by atoms with E-state index in [9.17, 15) is 4.79 Å². The number of hydrogen-bond acceptors (Lipinski definition) is 3. The van der Waals surface area contributed by atoms with Crippen LogP contribution < -0.4 is 5.32 Å². The molecule has 2 aromatic rings. The molecule has 0 spiro atoms. The van der Waals surface area contributed by atoms with E-state index < -0.39 is 0 Å². The van der Waals surface area contributed by atoms with Crippen LogP contribution in [0, 0.1) is 5.92 Å². The number of carbonyl (C=O) groups is 1. The van der Waals surface area contributed by atoms with Crippen molar-refractivity contribution in [1.29, 1.82) is 0 Å². The second-order valence-electron chi connectivity index (χ2n) is 7.97. The van der Waals surface area contributed by atoms with Crippen molar-refractivity contribution in [2.24, 2.45) is 5.92 Å². The molecule has 2 amide bonds. The number of aromatic nitrogens is 1. The van der Waals surface area contributed by atoms with Crippen molar-refractivity contribution < 1.29 is 4.79 Å². The largest absolute Gasteiger partial charge is 0.331 e. The zero-order valence-electron chi connectivity index (χ0n) is 16.5. The first-order chi connectivity index (χ1) is 13.8. The van der Waals surface area contributed by atoms with Gasteiger partial charge < -0.3 is 10.2 Å². The van der Waals surface area contributed by atoms with Gasteiger partial charge in [-0.2, -0.15) is 0 Å². The Morgan fingerprint density at radius 2 is 1.71 bits per heavy atom. The number of pyridine rings is 1. The van der Waals surface area contributed by atoms with E-state index in [1.165, 1.54) is 31.2 Å². The number of hydrogen-bond donors (Lipinski definition) is 1. The summed E-state index contributed by atoms with van der Waals surface area (Å²) in [6.07, 6.45) is 6.80. The summed E-state index contributed by atoms with van der Waals surface area (Å²) in [7, 11) is 0. The van der Waals surface area contributed by atoms with E-state index in [4.69, 9.17) is 0 Å². The third kappa shape index (κ3) is 4.71. The third-order valence-corrected chi connectivity index (χ3v) is 6.08. The fourth-order valence-electron chi connectivity index (χ4n) is 4.48. The molecule has 1 unspecified atom stereocenters. The Hall–Kier alpha value is -2.40. The van der Waals surface area contributed by atoms with E-state index in [1.807, 2.05) is 29.3 Å². The van der Waals surface area contributed by atoms with Gasteiger partial charge in [-0.1, -0.05) is 49.2 Å². The average molecular weight is 379 g/mol. The molecule has 1 aliphatic carbocycles. The van der Waals surface area contributed by atoms with Gasteiger partial charge in [-0.15, -0.1) is 0 Å². The van der Waals surface area contributed by atoms with Gasteiger partial charge in [-0.25, -0.2) is 4.79 Å². The Morgan fingerprint density at radius 1 is 1.00 bits per heavy atom. The van der Waals surface area contributed by atoms with Crippen molar-refractivity contribution in [2.75, 3.05) is 26.2 Å². The minimum Gasteiger partial charge on any atom is -0.331 e. The number of rotatable bonds is 5. The van der Waals surface area contributed by atoms with E-state index in [0.29, 0.717) is 5.92 Å². The van der Waals surface area contributed by atoms with Crippen molar-refractivity contribution in [2.45, 2.75) is 38.3 Å². The Balaban J connectivity index is 1.33. The van der Waals surface area contributed by atoms with Crippen molar-refractivity contribution >= 4 is 6.03 Å². The van der Waals surface area contributed by atoms with Gasteiger partial charge >= 0.3 is 6.03 Å². The van der Waals surface area contributed by atoms with Gasteiger partial charge in [0.05, 0.1) is 11.7 Å². The van der Waals surface area contributed by atoms with E-state index in [-0.39, 0.29) is 12.1 Å². The normalized spacial score (nSPS) is 19.5. The highest BCUT2D eigenvalue weighted by Gasteiger charge is 2.30. The molecule has 1 atom stereocenters. The lowest BCUT2D eigenvalue weighted by Gasteiger charge is -2.36. The molecule has 2 fully saturated rings. The molecular weight excluding hydrogens is 348 g/mol. The zero-order chi connectivity index (χ0) is 19.2. The molecule has 1 N–H and O–H groups in total. The summed E-state index contributed by atoms with van der Waals surface area (Å²) in [5, 5.41) is 3.37. The van der Waals surface area contributed by atoms with Gasteiger partial charge in [0.25, 0.3) is 0 Å². The maximum atomic E-state index is 13.0. The van der Waals surface area contributed by atoms with Crippen LogP contribution in [0.3, 0.4) is 0 Å². The number of piperazine rings is 1. The van der Waals surface area contributed by atoms with E-state index in [2.05, 4.69) is 45.5 Å². The number of benzene rings is 1. The number of carbonyl (C=O) groups excluding carboxylic acids is 1. The van der Waals surface area contributed by atoms with Crippen LogP contribution in [-0.4, -0.2) is 47.0 Å². The number of amides is 2. The smallest absolute Gasteiger partial charge is 0.317 e. The summed E-state index contributed by atoms with van der Waals surface area (Å²) >= 11 is 0. The molecular formula is C23H30N4O. The van der Waals surface area contributed by atoms with Crippen molar-refractivity contribution in [3.63, 3.8) is 0 Å². The first-order valence-corrected chi connectivity index (χ1v) is 10.5. The minimum atomic E-state index is 0.0817. The third-order valence-electron chi connectivity index (χ3n) is 6.08. The molecule has 1 aromatic carbocycles. The van der Waals surface area contributed by atoms with Crippen LogP contribution >= 0.6 is 0 Å². The van der Waals surface area contributed by atoms with Crippen LogP contribution in [-0.2, 0) is 6.54 Å². The standard InChI is InChI=1S/C23H30N4O/c28-23(25-22(20-10-4-5-11-20)19-8-2-1-3-9-19)27-16-14-26(15-17-27)18-21-12-6-7-13-24-21/h1-3,6-9,12-13,20,22H,4-5,10-11,14-18H2,(H,25,28). The fraction of sp³-hybridized carbons (Fsp3) is 0.478. The number of urea groups is 1. The first-order valence-electron chi connectivity index (χ1n) is 10.5. The molecule has 0 bridgehead atoms. The highest BCUT2D eigenvalue weighted by Crippen LogP contribution is 2.35. The van der Waals surface area contributed by atoms with Gasteiger partial charge in [-0.3, -0.25) is 9.88 Å². The summed E-state index contributed by atoms with van der Waals surface area (Å²) in [4.78, 5) is 21.7. The van der Waals surface area contributed by atoms with E-state index in [1.54, 1.807) is 0 Å². The highest BCUT2D eigenvalue weighted by atomic mass is 16.2. The van der Waals surface area contributed by atoms with Crippen LogP contribution in [0.5, 0.6) is 0 Å². The topological polar surface area (TPSA) is 48.5 Å². The molecule has 1 aromatic heterocycles. The maximum Gasteiger partial charge on any atom is 0.317 e. The summed E-state index contributed by atoms with van der Waals surface area (Å²) in [6.45, 7) is 4.17.